The van der Waals surface area contributed by atoms with Gasteiger partial charge in [0.1, 0.15) is 6.04 Å². The Balaban J connectivity index is 2.16. The summed E-state index contributed by atoms with van der Waals surface area (Å²) in [5.41, 5.74) is 3.95. The van der Waals surface area contributed by atoms with E-state index in [1.54, 1.807) is 12.1 Å². The molecule has 0 saturated carbocycles. The highest BCUT2D eigenvalue weighted by molar-refractivity contribution is 6.31. The van der Waals surface area contributed by atoms with Crippen LogP contribution in [0.5, 0.6) is 0 Å². The second kappa shape index (κ2) is 6.72. The van der Waals surface area contributed by atoms with Gasteiger partial charge in [-0.05, 0) is 19.1 Å². The molecule has 1 aromatic carbocycles. The van der Waals surface area contributed by atoms with Crippen molar-refractivity contribution in [2.45, 2.75) is 19.4 Å². The number of ether oxygens (including phenoxy) is 1. The van der Waals surface area contributed by atoms with Crippen LogP contribution >= 0.6 is 11.6 Å². The SMILES string of the molecule is COC(=O)C[C@@H]1N=C(c2ccc(Cl)cc2)c2c(cn(C)c2C)NC1=O. The molecule has 25 heavy (non-hydrogen) atoms. The summed E-state index contributed by atoms with van der Waals surface area (Å²) in [6.07, 6.45) is 1.73. The Hall–Kier alpha value is -2.60. The lowest BCUT2D eigenvalue weighted by molar-refractivity contribution is -0.142. The first-order chi connectivity index (χ1) is 11.9. The number of anilines is 1. The number of esters is 1. The van der Waals surface area contributed by atoms with Gasteiger partial charge < -0.3 is 14.6 Å². The zero-order valence-corrected chi connectivity index (χ0v) is 14.9. The highest BCUT2D eigenvalue weighted by Crippen LogP contribution is 2.29. The first-order valence-electron chi connectivity index (χ1n) is 7.78. The van der Waals surface area contributed by atoms with E-state index in [1.807, 2.05) is 36.9 Å². The number of hydrogen-bond donors (Lipinski definition) is 1. The van der Waals surface area contributed by atoms with Crippen LogP contribution in [0, 0.1) is 6.92 Å². The summed E-state index contributed by atoms with van der Waals surface area (Å²) in [5, 5.41) is 3.48. The Morgan fingerprint density at radius 2 is 2.04 bits per heavy atom. The molecule has 0 fully saturated rings. The molecule has 1 aliphatic heterocycles. The first kappa shape index (κ1) is 17.2. The fourth-order valence-electron chi connectivity index (χ4n) is 2.82. The number of benzene rings is 1. The Morgan fingerprint density at radius 1 is 1.36 bits per heavy atom. The number of methoxy groups -OCH3 is 1. The predicted octanol–water partition coefficient (Wildman–Crippen LogP) is 2.71. The summed E-state index contributed by atoms with van der Waals surface area (Å²) < 4.78 is 6.62. The minimum Gasteiger partial charge on any atom is -0.469 e. The van der Waals surface area contributed by atoms with E-state index in [-0.39, 0.29) is 12.3 Å². The summed E-state index contributed by atoms with van der Waals surface area (Å²) >= 11 is 5.99. The largest absolute Gasteiger partial charge is 0.469 e. The second-order valence-corrected chi connectivity index (χ2v) is 6.32. The highest BCUT2D eigenvalue weighted by atomic mass is 35.5. The van der Waals surface area contributed by atoms with Gasteiger partial charge in [-0.2, -0.15) is 0 Å². The number of hydrogen-bond acceptors (Lipinski definition) is 4. The van der Waals surface area contributed by atoms with Crippen molar-refractivity contribution in [3.63, 3.8) is 0 Å². The van der Waals surface area contributed by atoms with E-state index in [9.17, 15) is 9.59 Å². The molecule has 2 heterocycles. The molecule has 1 aromatic heterocycles. The normalized spacial score (nSPS) is 16.6. The van der Waals surface area contributed by atoms with E-state index < -0.39 is 12.0 Å². The number of fused-ring (bicyclic) bond motifs is 1. The molecule has 1 atom stereocenters. The molecule has 7 heteroatoms. The summed E-state index contributed by atoms with van der Waals surface area (Å²) in [5.74, 6) is -0.815. The summed E-state index contributed by atoms with van der Waals surface area (Å²) in [6.45, 7) is 1.96. The molecule has 0 spiro atoms. The van der Waals surface area contributed by atoms with E-state index in [4.69, 9.17) is 16.3 Å². The van der Waals surface area contributed by atoms with Crippen LogP contribution in [0.25, 0.3) is 0 Å². The van der Waals surface area contributed by atoms with Crippen LogP contribution in [-0.2, 0) is 21.4 Å². The lowest BCUT2D eigenvalue weighted by atomic mass is 10.0. The number of aryl methyl sites for hydroxylation is 1. The topological polar surface area (TPSA) is 72.7 Å². The Kier molecular flexibility index (Phi) is 4.63. The van der Waals surface area contributed by atoms with E-state index in [1.165, 1.54) is 7.11 Å². The van der Waals surface area contributed by atoms with Gasteiger partial charge in [-0.25, -0.2) is 0 Å². The average Bonchev–Trinajstić information content (AvgIpc) is 2.78. The average molecular weight is 360 g/mol. The van der Waals surface area contributed by atoms with Crippen LogP contribution in [0.4, 0.5) is 5.69 Å². The van der Waals surface area contributed by atoms with Gasteiger partial charge >= 0.3 is 5.97 Å². The van der Waals surface area contributed by atoms with Gasteiger partial charge in [-0.1, -0.05) is 23.7 Å². The zero-order valence-electron chi connectivity index (χ0n) is 14.2. The molecule has 2 aromatic rings. The monoisotopic (exact) mass is 359 g/mol. The molecule has 1 amide bonds. The maximum Gasteiger partial charge on any atom is 0.308 e. The number of aromatic nitrogens is 1. The van der Waals surface area contributed by atoms with Crippen molar-refractivity contribution in [2.75, 3.05) is 12.4 Å². The molecule has 3 rings (SSSR count). The molecule has 0 saturated heterocycles. The Labute approximate surface area is 150 Å². The van der Waals surface area contributed by atoms with E-state index in [0.717, 1.165) is 16.8 Å². The standard InChI is InChI=1S/C18H18ClN3O3/c1-10-16-14(9-22(10)2)21-18(24)13(8-15(23)25-3)20-17(16)11-4-6-12(19)7-5-11/h4-7,9,13H,8H2,1-3H3,(H,21,24)/t13-/m0/s1. The summed E-state index contributed by atoms with van der Waals surface area (Å²) in [7, 11) is 3.20. The third-order valence-corrected chi connectivity index (χ3v) is 4.52. The molecular weight excluding hydrogens is 342 g/mol. The van der Waals surface area contributed by atoms with Crippen LogP contribution < -0.4 is 5.32 Å². The molecule has 0 aliphatic carbocycles. The lowest BCUT2D eigenvalue weighted by Gasteiger charge is -2.11. The Bertz CT molecular complexity index is 868. The number of aliphatic imine (C=N–C) groups is 1. The molecule has 0 bridgehead atoms. The minimum absolute atomic E-state index is 0.116. The number of amides is 1. The molecule has 1 aliphatic rings. The Morgan fingerprint density at radius 3 is 2.68 bits per heavy atom. The number of rotatable bonds is 3. The third-order valence-electron chi connectivity index (χ3n) is 4.27. The molecule has 0 radical (unpaired) electrons. The number of nitrogens with zero attached hydrogens (tertiary/aromatic N) is 2. The lowest BCUT2D eigenvalue weighted by Crippen LogP contribution is -2.28. The van der Waals surface area contributed by atoms with Gasteiger partial charge in [0.15, 0.2) is 0 Å². The smallest absolute Gasteiger partial charge is 0.308 e. The molecule has 6 nitrogen and oxygen atoms in total. The number of halogens is 1. The van der Waals surface area contributed by atoms with Gasteiger partial charge in [0, 0.05) is 35.1 Å². The number of carbonyl (C=O) groups excluding carboxylic acids is 2. The fraction of sp³-hybridized carbons (Fsp3) is 0.278. The molecule has 0 unspecified atom stereocenters. The van der Waals surface area contributed by atoms with Crippen molar-refractivity contribution in [3.05, 3.63) is 52.3 Å². The number of nitrogens with one attached hydrogen (secondary N) is 1. The van der Waals surface area contributed by atoms with Crippen LogP contribution in [0.1, 0.15) is 23.2 Å². The van der Waals surface area contributed by atoms with Crippen LogP contribution in [0.3, 0.4) is 0 Å². The van der Waals surface area contributed by atoms with Crippen molar-refractivity contribution in [2.24, 2.45) is 12.0 Å². The summed E-state index contributed by atoms with van der Waals surface area (Å²) in [4.78, 5) is 28.8. The zero-order chi connectivity index (χ0) is 18.1. The van der Waals surface area contributed by atoms with Gasteiger partial charge in [0.05, 0.1) is 24.9 Å². The van der Waals surface area contributed by atoms with Gasteiger partial charge in [-0.3, -0.25) is 14.6 Å². The first-order valence-corrected chi connectivity index (χ1v) is 8.16. The molecular formula is C18H18ClN3O3. The third kappa shape index (κ3) is 3.30. The van der Waals surface area contributed by atoms with Crippen LogP contribution in [-0.4, -0.2) is 35.3 Å². The van der Waals surface area contributed by atoms with Gasteiger partial charge in [0.2, 0.25) is 5.91 Å². The molecule has 130 valence electrons. The van der Waals surface area contributed by atoms with E-state index in [0.29, 0.717) is 16.4 Å². The van der Waals surface area contributed by atoms with Gasteiger partial charge in [0.25, 0.3) is 0 Å². The predicted molar refractivity (Wildman–Crippen MR) is 96.3 cm³/mol. The van der Waals surface area contributed by atoms with Crippen molar-refractivity contribution in [1.82, 2.24) is 4.57 Å². The molecule has 1 N–H and O–H groups in total. The van der Waals surface area contributed by atoms with Crippen molar-refractivity contribution in [3.8, 4) is 0 Å². The fourth-order valence-corrected chi connectivity index (χ4v) is 2.95. The maximum absolute atomic E-state index is 12.5. The van der Waals surface area contributed by atoms with E-state index >= 15 is 0 Å². The highest BCUT2D eigenvalue weighted by Gasteiger charge is 2.30. The van der Waals surface area contributed by atoms with Crippen molar-refractivity contribution in [1.29, 1.82) is 0 Å². The maximum atomic E-state index is 12.5. The number of carbonyl (C=O) groups is 2. The summed E-state index contributed by atoms with van der Waals surface area (Å²) in [6, 6.07) is 6.39. The quantitative estimate of drug-likeness (QED) is 0.856. The minimum atomic E-state index is -0.852. The van der Waals surface area contributed by atoms with Gasteiger partial charge in [-0.15, -0.1) is 0 Å². The van der Waals surface area contributed by atoms with E-state index in [2.05, 4.69) is 10.3 Å². The van der Waals surface area contributed by atoms with Crippen LogP contribution in [0.15, 0.2) is 35.5 Å². The second-order valence-electron chi connectivity index (χ2n) is 5.88. The van der Waals surface area contributed by atoms with Crippen molar-refractivity contribution < 1.29 is 14.3 Å². The van der Waals surface area contributed by atoms with Crippen LogP contribution in [0.2, 0.25) is 5.02 Å². The van der Waals surface area contributed by atoms with Crippen molar-refractivity contribution >= 4 is 34.9 Å².